The second-order valence-electron chi connectivity index (χ2n) is 5.04. The van der Waals surface area contributed by atoms with Crippen molar-refractivity contribution in [3.63, 3.8) is 0 Å². The van der Waals surface area contributed by atoms with Gasteiger partial charge in [-0.15, -0.1) is 0 Å². The van der Waals surface area contributed by atoms with Gasteiger partial charge in [-0.25, -0.2) is 0 Å². The summed E-state index contributed by atoms with van der Waals surface area (Å²) in [6.07, 6.45) is 6.89. The van der Waals surface area contributed by atoms with Crippen LogP contribution in [-0.4, -0.2) is 29.9 Å². The summed E-state index contributed by atoms with van der Waals surface area (Å²) >= 11 is 3.67. The Labute approximate surface area is 97.4 Å². The lowest BCUT2D eigenvalue weighted by atomic mass is 9.70. The van der Waals surface area contributed by atoms with Gasteiger partial charge in [0.15, 0.2) is 0 Å². The molecule has 0 heterocycles. The van der Waals surface area contributed by atoms with Gasteiger partial charge in [0.2, 0.25) is 0 Å². The molecule has 1 saturated carbocycles. The van der Waals surface area contributed by atoms with Crippen molar-refractivity contribution in [2.75, 3.05) is 18.9 Å². The van der Waals surface area contributed by atoms with E-state index < -0.39 is 0 Å². The van der Waals surface area contributed by atoms with Crippen molar-refractivity contribution in [3.8, 4) is 0 Å². The van der Waals surface area contributed by atoms with Gasteiger partial charge in [0, 0.05) is 17.9 Å². The predicted octanol–water partition coefficient (Wildman–Crippen LogP) is 3.67. The first kappa shape index (κ1) is 12.5. The average molecular weight is 262 g/mol. The van der Waals surface area contributed by atoms with Gasteiger partial charge >= 0.3 is 0 Å². The van der Waals surface area contributed by atoms with Crippen molar-refractivity contribution >= 4 is 15.9 Å². The number of rotatable bonds is 6. The Kier molecular flexibility index (Phi) is 4.92. The molecule has 0 amide bonds. The van der Waals surface area contributed by atoms with Crippen molar-refractivity contribution < 1.29 is 0 Å². The van der Waals surface area contributed by atoms with Gasteiger partial charge in [-0.1, -0.05) is 35.7 Å². The molecule has 0 bridgehead atoms. The standard InChI is InChI=1S/C12H24BrN/c1-4-6-11(2)14(3)10-12(9-13)7-5-8-12/h11H,4-10H2,1-3H3. The topological polar surface area (TPSA) is 3.24 Å². The third-order valence-electron chi connectivity index (χ3n) is 3.74. The van der Waals surface area contributed by atoms with Crippen LogP contribution in [0, 0.1) is 5.41 Å². The van der Waals surface area contributed by atoms with Crippen LogP contribution < -0.4 is 0 Å². The summed E-state index contributed by atoms with van der Waals surface area (Å²) in [7, 11) is 2.28. The molecule has 84 valence electrons. The predicted molar refractivity (Wildman–Crippen MR) is 67.1 cm³/mol. The van der Waals surface area contributed by atoms with Crippen molar-refractivity contribution in [2.45, 2.75) is 52.0 Å². The lowest BCUT2D eigenvalue weighted by molar-refractivity contribution is 0.0839. The van der Waals surface area contributed by atoms with Gasteiger partial charge in [0.1, 0.15) is 0 Å². The second kappa shape index (κ2) is 5.50. The van der Waals surface area contributed by atoms with Crippen LogP contribution in [0.2, 0.25) is 0 Å². The van der Waals surface area contributed by atoms with Gasteiger partial charge in [0.05, 0.1) is 0 Å². The van der Waals surface area contributed by atoms with E-state index in [4.69, 9.17) is 0 Å². The third kappa shape index (κ3) is 2.96. The Morgan fingerprint density at radius 1 is 1.43 bits per heavy atom. The molecule has 1 aliphatic rings. The molecule has 0 N–H and O–H groups in total. The smallest absolute Gasteiger partial charge is 0.0100 e. The molecule has 0 saturated heterocycles. The lowest BCUT2D eigenvalue weighted by Gasteiger charge is -2.44. The minimum Gasteiger partial charge on any atom is -0.303 e. The Morgan fingerprint density at radius 2 is 2.07 bits per heavy atom. The maximum absolute atomic E-state index is 3.67. The molecule has 0 aliphatic heterocycles. The quantitative estimate of drug-likeness (QED) is 0.660. The first-order chi connectivity index (χ1) is 6.63. The fourth-order valence-electron chi connectivity index (χ4n) is 2.33. The van der Waals surface area contributed by atoms with E-state index in [0.717, 1.165) is 6.04 Å². The SMILES string of the molecule is CCCC(C)N(C)CC1(CBr)CCC1. The Bertz CT molecular complexity index is 160. The molecule has 1 nitrogen and oxygen atoms in total. The van der Waals surface area contributed by atoms with Crippen LogP contribution >= 0.6 is 15.9 Å². The molecule has 0 aromatic carbocycles. The molecule has 14 heavy (non-hydrogen) atoms. The van der Waals surface area contributed by atoms with Gasteiger partial charge in [-0.2, -0.15) is 0 Å². The minimum absolute atomic E-state index is 0.608. The highest BCUT2D eigenvalue weighted by Crippen LogP contribution is 2.43. The van der Waals surface area contributed by atoms with E-state index in [1.807, 2.05) is 0 Å². The number of halogens is 1. The summed E-state index contributed by atoms with van der Waals surface area (Å²) in [4.78, 5) is 2.55. The molecule has 1 aliphatic carbocycles. The van der Waals surface area contributed by atoms with Crippen molar-refractivity contribution in [3.05, 3.63) is 0 Å². The summed E-state index contributed by atoms with van der Waals surface area (Å²) in [6, 6.07) is 0.747. The Morgan fingerprint density at radius 3 is 2.43 bits per heavy atom. The molecule has 0 aromatic rings. The maximum atomic E-state index is 3.67. The van der Waals surface area contributed by atoms with Crippen molar-refractivity contribution in [2.24, 2.45) is 5.41 Å². The number of hydrogen-bond donors (Lipinski definition) is 0. The first-order valence-electron chi connectivity index (χ1n) is 5.90. The normalized spacial score (nSPS) is 22.1. The van der Waals surface area contributed by atoms with Crippen LogP contribution in [-0.2, 0) is 0 Å². The molecule has 0 radical (unpaired) electrons. The lowest BCUT2D eigenvalue weighted by Crippen LogP contribution is -2.45. The summed E-state index contributed by atoms with van der Waals surface area (Å²) in [5.74, 6) is 0. The van der Waals surface area contributed by atoms with E-state index in [2.05, 4.69) is 41.7 Å². The zero-order chi connectivity index (χ0) is 10.6. The van der Waals surface area contributed by atoms with E-state index >= 15 is 0 Å². The van der Waals surface area contributed by atoms with Gasteiger partial charge in [0.25, 0.3) is 0 Å². The molecular formula is C12H24BrN. The zero-order valence-corrected chi connectivity index (χ0v) is 11.4. The molecule has 1 fully saturated rings. The number of hydrogen-bond acceptors (Lipinski definition) is 1. The molecule has 2 heteroatoms. The van der Waals surface area contributed by atoms with Crippen LogP contribution in [0.5, 0.6) is 0 Å². The zero-order valence-electron chi connectivity index (χ0n) is 9.85. The van der Waals surface area contributed by atoms with Gasteiger partial charge in [-0.3, -0.25) is 0 Å². The number of alkyl halides is 1. The van der Waals surface area contributed by atoms with Gasteiger partial charge in [-0.05, 0) is 38.6 Å². The van der Waals surface area contributed by atoms with Crippen molar-refractivity contribution in [1.82, 2.24) is 4.90 Å². The molecule has 1 rings (SSSR count). The molecule has 1 atom stereocenters. The second-order valence-corrected chi connectivity index (χ2v) is 5.60. The van der Waals surface area contributed by atoms with Crippen LogP contribution in [0.15, 0.2) is 0 Å². The first-order valence-corrected chi connectivity index (χ1v) is 7.02. The summed E-state index contributed by atoms with van der Waals surface area (Å²) in [5.41, 5.74) is 0.608. The molecule has 0 spiro atoms. The highest BCUT2D eigenvalue weighted by Gasteiger charge is 2.37. The van der Waals surface area contributed by atoms with E-state index in [9.17, 15) is 0 Å². The fourth-order valence-corrected chi connectivity index (χ4v) is 3.07. The summed E-state index contributed by atoms with van der Waals surface area (Å²) in [6.45, 7) is 5.90. The highest BCUT2D eigenvalue weighted by molar-refractivity contribution is 9.09. The van der Waals surface area contributed by atoms with Gasteiger partial charge < -0.3 is 4.90 Å². The molecular weight excluding hydrogens is 238 g/mol. The summed E-state index contributed by atoms with van der Waals surface area (Å²) in [5, 5.41) is 1.18. The van der Waals surface area contributed by atoms with Crippen LogP contribution in [0.4, 0.5) is 0 Å². The largest absolute Gasteiger partial charge is 0.303 e. The maximum Gasteiger partial charge on any atom is 0.0100 e. The fraction of sp³-hybridized carbons (Fsp3) is 1.00. The van der Waals surface area contributed by atoms with E-state index in [1.165, 1.54) is 44.0 Å². The Hall–Kier alpha value is 0.440. The summed E-state index contributed by atoms with van der Waals surface area (Å²) < 4.78 is 0. The highest BCUT2D eigenvalue weighted by atomic mass is 79.9. The van der Waals surface area contributed by atoms with Crippen molar-refractivity contribution in [1.29, 1.82) is 0 Å². The van der Waals surface area contributed by atoms with E-state index in [1.54, 1.807) is 0 Å². The van der Waals surface area contributed by atoms with E-state index in [-0.39, 0.29) is 0 Å². The van der Waals surface area contributed by atoms with Crippen LogP contribution in [0.25, 0.3) is 0 Å². The third-order valence-corrected chi connectivity index (χ3v) is 4.93. The number of nitrogens with zero attached hydrogens (tertiary/aromatic N) is 1. The molecule has 1 unspecified atom stereocenters. The minimum atomic E-state index is 0.608. The molecule has 0 aromatic heterocycles. The van der Waals surface area contributed by atoms with Crippen LogP contribution in [0.3, 0.4) is 0 Å². The van der Waals surface area contributed by atoms with E-state index in [0.29, 0.717) is 5.41 Å². The monoisotopic (exact) mass is 261 g/mol. The van der Waals surface area contributed by atoms with Crippen LogP contribution in [0.1, 0.15) is 46.0 Å². The average Bonchev–Trinajstić information content (AvgIpc) is 2.11. The Balaban J connectivity index is 2.34.